The van der Waals surface area contributed by atoms with Crippen molar-refractivity contribution >= 4 is 5.91 Å². The number of rotatable bonds is 5. The number of amides is 1. The van der Waals surface area contributed by atoms with E-state index in [0.29, 0.717) is 6.54 Å². The highest BCUT2D eigenvalue weighted by Crippen LogP contribution is 2.01. The largest absolute Gasteiger partial charge is 0.368 e. The fourth-order valence-electron chi connectivity index (χ4n) is 1.22. The molecule has 0 saturated carbocycles. The van der Waals surface area contributed by atoms with Gasteiger partial charge in [0.25, 0.3) is 0 Å². The van der Waals surface area contributed by atoms with Crippen LogP contribution in [0.3, 0.4) is 0 Å². The van der Waals surface area contributed by atoms with Crippen molar-refractivity contribution in [3.05, 3.63) is 18.0 Å². The summed E-state index contributed by atoms with van der Waals surface area (Å²) in [4.78, 5) is 10.7. The Labute approximate surface area is 83.1 Å². The molecule has 0 spiro atoms. The third-order valence-electron chi connectivity index (χ3n) is 1.97. The molecule has 0 aromatic carbocycles. The van der Waals surface area contributed by atoms with Crippen LogP contribution >= 0.6 is 0 Å². The van der Waals surface area contributed by atoms with Gasteiger partial charge in [0, 0.05) is 6.20 Å². The minimum Gasteiger partial charge on any atom is -0.368 e. The third kappa shape index (κ3) is 2.85. The molecule has 0 radical (unpaired) electrons. The molecule has 1 atom stereocenters. The Kier molecular flexibility index (Phi) is 3.64. The smallest absolute Gasteiger partial charge is 0.236 e. The second-order valence-electron chi connectivity index (χ2n) is 3.33. The summed E-state index contributed by atoms with van der Waals surface area (Å²) in [7, 11) is 0. The van der Waals surface area contributed by atoms with Gasteiger partial charge in [0.1, 0.15) is 6.04 Å². The molecule has 0 bridgehead atoms. The molecule has 5 heteroatoms. The van der Waals surface area contributed by atoms with Gasteiger partial charge in [-0.2, -0.15) is 5.10 Å². The molecule has 1 aromatic rings. The number of nitrogens with zero attached hydrogens (tertiary/aromatic N) is 2. The van der Waals surface area contributed by atoms with Gasteiger partial charge in [0.05, 0.1) is 12.7 Å². The summed E-state index contributed by atoms with van der Waals surface area (Å²) in [5, 5.41) is 4.09. The van der Waals surface area contributed by atoms with Crippen molar-refractivity contribution in [2.45, 2.75) is 32.4 Å². The number of hydrogen-bond acceptors (Lipinski definition) is 3. The van der Waals surface area contributed by atoms with Crippen molar-refractivity contribution in [1.29, 1.82) is 0 Å². The van der Waals surface area contributed by atoms with Crippen LogP contribution in [0.15, 0.2) is 12.4 Å². The van der Waals surface area contributed by atoms with Crippen LogP contribution in [0.4, 0.5) is 0 Å². The second-order valence-corrected chi connectivity index (χ2v) is 3.33. The summed E-state index contributed by atoms with van der Waals surface area (Å²) in [6.45, 7) is 2.45. The van der Waals surface area contributed by atoms with E-state index in [1.54, 1.807) is 10.9 Å². The Hall–Kier alpha value is -1.36. The monoisotopic (exact) mass is 196 g/mol. The average molecular weight is 196 g/mol. The van der Waals surface area contributed by atoms with E-state index >= 15 is 0 Å². The molecule has 0 fully saturated rings. The first-order chi connectivity index (χ1) is 6.63. The topological polar surface area (TPSA) is 86.9 Å². The van der Waals surface area contributed by atoms with E-state index in [0.717, 1.165) is 18.4 Å². The predicted octanol–water partition coefficient (Wildman–Crippen LogP) is -0.352. The van der Waals surface area contributed by atoms with E-state index in [9.17, 15) is 4.79 Å². The van der Waals surface area contributed by atoms with E-state index in [2.05, 4.69) is 12.0 Å². The van der Waals surface area contributed by atoms with E-state index in [-0.39, 0.29) is 0 Å². The molecule has 14 heavy (non-hydrogen) atoms. The lowest BCUT2D eigenvalue weighted by molar-refractivity contribution is -0.119. The lowest BCUT2D eigenvalue weighted by Gasteiger charge is -2.06. The molecule has 0 aliphatic carbocycles. The number of hydrogen-bond donors (Lipinski definition) is 2. The summed E-state index contributed by atoms with van der Waals surface area (Å²) >= 11 is 0. The van der Waals surface area contributed by atoms with Crippen LogP contribution in [0.2, 0.25) is 0 Å². The van der Waals surface area contributed by atoms with E-state index in [4.69, 9.17) is 11.5 Å². The highest BCUT2D eigenvalue weighted by molar-refractivity contribution is 5.79. The lowest BCUT2D eigenvalue weighted by Crippen LogP contribution is -2.39. The fraction of sp³-hybridized carbons (Fsp3) is 0.556. The summed E-state index contributed by atoms with van der Waals surface area (Å²) in [5.41, 5.74) is 11.7. The molecule has 1 unspecified atom stereocenters. The van der Waals surface area contributed by atoms with Crippen molar-refractivity contribution in [3.8, 4) is 0 Å². The number of carbonyl (C=O) groups excluding carboxylic acids is 1. The van der Waals surface area contributed by atoms with Crippen LogP contribution in [-0.4, -0.2) is 21.7 Å². The first kappa shape index (κ1) is 10.7. The van der Waals surface area contributed by atoms with Crippen molar-refractivity contribution in [1.82, 2.24) is 9.78 Å². The van der Waals surface area contributed by atoms with Gasteiger partial charge < -0.3 is 11.5 Å². The van der Waals surface area contributed by atoms with Gasteiger partial charge in [0.2, 0.25) is 5.91 Å². The molecule has 0 saturated heterocycles. The normalized spacial score (nSPS) is 12.7. The van der Waals surface area contributed by atoms with Gasteiger partial charge in [-0.25, -0.2) is 0 Å². The molecule has 78 valence electrons. The van der Waals surface area contributed by atoms with Crippen LogP contribution in [0.25, 0.3) is 0 Å². The summed E-state index contributed by atoms with van der Waals surface area (Å²) in [6.07, 6.45) is 5.75. The van der Waals surface area contributed by atoms with Crippen LogP contribution in [-0.2, 0) is 17.8 Å². The van der Waals surface area contributed by atoms with Crippen molar-refractivity contribution < 1.29 is 4.79 Å². The minimum absolute atomic E-state index is 0.346. The predicted molar refractivity (Wildman–Crippen MR) is 53.4 cm³/mol. The molecule has 0 aliphatic heterocycles. The van der Waals surface area contributed by atoms with Gasteiger partial charge in [-0.1, -0.05) is 13.3 Å². The van der Waals surface area contributed by atoms with Gasteiger partial charge >= 0.3 is 0 Å². The van der Waals surface area contributed by atoms with E-state index in [1.165, 1.54) is 0 Å². The number of primary amides is 1. The maximum Gasteiger partial charge on any atom is 0.236 e. The molecular weight excluding hydrogens is 180 g/mol. The molecule has 1 rings (SSSR count). The number of nitrogens with two attached hydrogens (primary N) is 2. The van der Waals surface area contributed by atoms with Crippen molar-refractivity contribution in [3.63, 3.8) is 0 Å². The van der Waals surface area contributed by atoms with E-state index in [1.807, 2.05) is 6.20 Å². The van der Waals surface area contributed by atoms with Gasteiger partial charge in [-0.05, 0) is 12.0 Å². The van der Waals surface area contributed by atoms with Gasteiger partial charge in [0.15, 0.2) is 0 Å². The summed E-state index contributed by atoms with van der Waals surface area (Å²) < 4.78 is 1.65. The Morgan fingerprint density at radius 1 is 1.71 bits per heavy atom. The first-order valence-corrected chi connectivity index (χ1v) is 4.69. The Balaban J connectivity index is 2.55. The number of aryl methyl sites for hydroxylation is 1. The van der Waals surface area contributed by atoms with Gasteiger partial charge in [-0.15, -0.1) is 0 Å². The van der Waals surface area contributed by atoms with Crippen LogP contribution < -0.4 is 11.5 Å². The van der Waals surface area contributed by atoms with Crippen molar-refractivity contribution in [2.24, 2.45) is 11.5 Å². The zero-order valence-corrected chi connectivity index (χ0v) is 8.31. The summed E-state index contributed by atoms with van der Waals surface area (Å²) in [6, 6.07) is -0.663. The lowest BCUT2D eigenvalue weighted by atomic mass is 10.2. The molecule has 1 heterocycles. The van der Waals surface area contributed by atoms with Gasteiger partial charge in [-0.3, -0.25) is 9.48 Å². The molecule has 1 aromatic heterocycles. The Bertz CT molecular complexity index is 308. The quantitative estimate of drug-likeness (QED) is 0.674. The second kappa shape index (κ2) is 4.76. The minimum atomic E-state index is -0.663. The Morgan fingerprint density at radius 3 is 3.00 bits per heavy atom. The van der Waals surface area contributed by atoms with Crippen molar-refractivity contribution in [2.75, 3.05) is 0 Å². The highest BCUT2D eigenvalue weighted by Gasteiger charge is 2.10. The summed E-state index contributed by atoms with van der Waals surface area (Å²) in [5.74, 6) is -0.502. The molecule has 4 N–H and O–H groups in total. The number of carbonyl (C=O) groups is 1. The van der Waals surface area contributed by atoms with E-state index < -0.39 is 11.9 Å². The average Bonchev–Trinajstić information content (AvgIpc) is 2.53. The van der Waals surface area contributed by atoms with Crippen LogP contribution in [0, 0.1) is 0 Å². The first-order valence-electron chi connectivity index (χ1n) is 4.69. The molecule has 5 nitrogen and oxygen atoms in total. The van der Waals surface area contributed by atoms with Crippen LogP contribution in [0.1, 0.15) is 18.9 Å². The third-order valence-corrected chi connectivity index (χ3v) is 1.97. The maximum absolute atomic E-state index is 10.7. The zero-order chi connectivity index (χ0) is 10.6. The highest BCUT2D eigenvalue weighted by atomic mass is 16.1. The molecule has 0 aliphatic rings. The fourth-order valence-corrected chi connectivity index (χ4v) is 1.22. The molecular formula is C9H16N4O. The standard InChI is InChI=1S/C9H16N4O/c1-2-3-7-4-12-13(5-7)6-8(10)9(11)14/h4-5,8H,2-3,6,10H2,1H3,(H2,11,14). The van der Waals surface area contributed by atoms with Crippen LogP contribution in [0.5, 0.6) is 0 Å². The number of aromatic nitrogens is 2. The molecule has 1 amide bonds. The maximum atomic E-state index is 10.7. The zero-order valence-electron chi connectivity index (χ0n) is 8.31. The SMILES string of the molecule is CCCc1cnn(CC(N)C(N)=O)c1. The Morgan fingerprint density at radius 2 is 2.43 bits per heavy atom.